The molecule has 0 radical (unpaired) electrons. The highest BCUT2D eigenvalue weighted by Gasteiger charge is 2.05. The molecule has 0 saturated heterocycles. The molecule has 1 aromatic carbocycles. The van der Waals surface area contributed by atoms with Crippen molar-refractivity contribution < 1.29 is 4.39 Å². The van der Waals surface area contributed by atoms with Gasteiger partial charge in [-0.15, -0.1) is 0 Å². The highest BCUT2D eigenvalue weighted by atomic mass is 19.1. The lowest BCUT2D eigenvalue weighted by Gasteiger charge is -2.12. The Kier molecular flexibility index (Phi) is 4.28. The zero-order chi connectivity index (χ0) is 11.4. The minimum Gasteiger partial charge on any atom is -0.309 e. The lowest BCUT2D eigenvalue weighted by Crippen LogP contribution is -2.14. The van der Waals surface area contributed by atoms with E-state index >= 15 is 0 Å². The van der Waals surface area contributed by atoms with Crippen LogP contribution in [0.4, 0.5) is 4.39 Å². The molecular weight excluding hydrogens is 189 g/mol. The Bertz CT molecular complexity index is 308. The maximum atomic E-state index is 13.1. The SMILES string of the molecule is Cc1cc(F)cc(C)c1CCCN(C)C. The standard InChI is InChI=1S/C13H20FN/c1-10-8-12(14)9-11(2)13(10)6-5-7-15(3)4/h8-9H,5-7H2,1-4H3. The topological polar surface area (TPSA) is 3.24 Å². The fourth-order valence-corrected chi connectivity index (χ4v) is 1.91. The van der Waals surface area contributed by atoms with Crippen molar-refractivity contribution >= 4 is 0 Å². The van der Waals surface area contributed by atoms with E-state index in [1.54, 1.807) is 12.1 Å². The summed E-state index contributed by atoms with van der Waals surface area (Å²) < 4.78 is 13.1. The molecular formula is C13H20FN. The van der Waals surface area contributed by atoms with Crippen LogP contribution in [0.5, 0.6) is 0 Å². The van der Waals surface area contributed by atoms with Gasteiger partial charge in [-0.1, -0.05) is 0 Å². The van der Waals surface area contributed by atoms with Crippen LogP contribution in [-0.2, 0) is 6.42 Å². The summed E-state index contributed by atoms with van der Waals surface area (Å²) >= 11 is 0. The molecule has 15 heavy (non-hydrogen) atoms. The first-order chi connectivity index (χ1) is 7.00. The Hall–Kier alpha value is -0.890. The van der Waals surface area contributed by atoms with Crippen LogP contribution in [0.2, 0.25) is 0 Å². The largest absolute Gasteiger partial charge is 0.309 e. The first-order valence-electron chi connectivity index (χ1n) is 5.41. The minimum absolute atomic E-state index is 0.124. The van der Waals surface area contributed by atoms with Crippen molar-refractivity contribution in [1.29, 1.82) is 0 Å². The van der Waals surface area contributed by atoms with Gasteiger partial charge in [0.05, 0.1) is 0 Å². The van der Waals surface area contributed by atoms with Crippen molar-refractivity contribution in [1.82, 2.24) is 4.90 Å². The highest BCUT2D eigenvalue weighted by molar-refractivity contribution is 5.34. The lowest BCUT2D eigenvalue weighted by molar-refractivity contribution is 0.400. The molecule has 1 aromatic rings. The number of halogens is 1. The molecule has 0 fully saturated rings. The van der Waals surface area contributed by atoms with Crippen molar-refractivity contribution in [2.75, 3.05) is 20.6 Å². The quantitative estimate of drug-likeness (QED) is 0.737. The normalized spacial score (nSPS) is 11.1. The summed E-state index contributed by atoms with van der Waals surface area (Å²) in [5.41, 5.74) is 3.45. The minimum atomic E-state index is -0.124. The summed E-state index contributed by atoms with van der Waals surface area (Å²) in [5, 5.41) is 0. The van der Waals surface area contributed by atoms with E-state index in [1.165, 1.54) is 5.56 Å². The van der Waals surface area contributed by atoms with E-state index in [9.17, 15) is 4.39 Å². The van der Waals surface area contributed by atoms with Gasteiger partial charge < -0.3 is 4.90 Å². The summed E-state index contributed by atoms with van der Waals surface area (Å²) in [5.74, 6) is -0.124. The van der Waals surface area contributed by atoms with E-state index in [1.807, 2.05) is 13.8 Å². The number of rotatable bonds is 4. The van der Waals surface area contributed by atoms with Crippen LogP contribution >= 0.6 is 0 Å². The fraction of sp³-hybridized carbons (Fsp3) is 0.538. The van der Waals surface area contributed by atoms with E-state index in [4.69, 9.17) is 0 Å². The van der Waals surface area contributed by atoms with Crippen LogP contribution < -0.4 is 0 Å². The molecule has 1 rings (SSSR count). The molecule has 1 nitrogen and oxygen atoms in total. The molecule has 0 saturated carbocycles. The number of aryl methyl sites for hydroxylation is 2. The van der Waals surface area contributed by atoms with Gasteiger partial charge in [0.25, 0.3) is 0 Å². The third-order valence-electron chi connectivity index (χ3n) is 2.69. The van der Waals surface area contributed by atoms with E-state index in [-0.39, 0.29) is 5.82 Å². The van der Waals surface area contributed by atoms with Gasteiger partial charge in [-0.05, 0) is 76.2 Å². The van der Waals surface area contributed by atoms with E-state index in [0.717, 1.165) is 30.5 Å². The summed E-state index contributed by atoms with van der Waals surface area (Å²) in [6.45, 7) is 5.05. The van der Waals surface area contributed by atoms with E-state index in [2.05, 4.69) is 19.0 Å². The monoisotopic (exact) mass is 209 g/mol. The molecule has 0 aliphatic heterocycles. The van der Waals surface area contributed by atoms with Crippen molar-refractivity contribution in [2.24, 2.45) is 0 Å². The Morgan fingerprint density at radius 2 is 1.67 bits per heavy atom. The van der Waals surface area contributed by atoms with Crippen molar-refractivity contribution in [2.45, 2.75) is 26.7 Å². The Morgan fingerprint density at radius 3 is 2.13 bits per heavy atom. The second-order valence-electron chi connectivity index (χ2n) is 4.42. The molecule has 0 amide bonds. The second-order valence-corrected chi connectivity index (χ2v) is 4.42. The van der Waals surface area contributed by atoms with Gasteiger partial charge >= 0.3 is 0 Å². The van der Waals surface area contributed by atoms with Gasteiger partial charge in [0, 0.05) is 0 Å². The summed E-state index contributed by atoms with van der Waals surface area (Å²) in [6.07, 6.45) is 2.16. The van der Waals surface area contributed by atoms with E-state index in [0.29, 0.717) is 0 Å². The van der Waals surface area contributed by atoms with E-state index < -0.39 is 0 Å². The van der Waals surface area contributed by atoms with Crippen LogP contribution in [0.3, 0.4) is 0 Å². The van der Waals surface area contributed by atoms with Crippen LogP contribution in [0.1, 0.15) is 23.1 Å². The molecule has 0 unspecified atom stereocenters. The predicted molar refractivity (Wildman–Crippen MR) is 62.7 cm³/mol. The lowest BCUT2D eigenvalue weighted by atomic mass is 9.98. The third-order valence-corrected chi connectivity index (χ3v) is 2.69. The summed E-state index contributed by atoms with van der Waals surface area (Å²) in [4.78, 5) is 2.17. The van der Waals surface area contributed by atoms with Crippen LogP contribution in [0, 0.1) is 19.7 Å². The Labute approximate surface area is 91.9 Å². The molecule has 0 heterocycles. The van der Waals surface area contributed by atoms with Gasteiger partial charge in [0.15, 0.2) is 0 Å². The van der Waals surface area contributed by atoms with Crippen LogP contribution in [0.25, 0.3) is 0 Å². The van der Waals surface area contributed by atoms with Gasteiger partial charge in [-0.3, -0.25) is 0 Å². The van der Waals surface area contributed by atoms with Gasteiger partial charge in [0.2, 0.25) is 0 Å². The Morgan fingerprint density at radius 1 is 1.13 bits per heavy atom. The van der Waals surface area contributed by atoms with Gasteiger partial charge in [0.1, 0.15) is 5.82 Å². The van der Waals surface area contributed by atoms with Gasteiger partial charge in [-0.2, -0.15) is 0 Å². The zero-order valence-corrected chi connectivity index (χ0v) is 10.1. The fourth-order valence-electron chi connectivity index (χ4n) is 1.91. The number of hydrogen-bond donors (Lipinski definition) is 0. The smallest absolute Gasteiger partial charge is 0.123 e. The average Bonchev–Trinajstić information content (AvgIpc) is 2.08. The van der Waals surface area contributed by atoms with Crippen molar-refractivity contribution in [3.05, 3.63) is 34.6 Å². The van der Waals surface area contributed by atoms with Gasteiger partial charge in [-0.25, -0.2) is 4.39 Å². The molecule has 2 heteroatoms. The maximum absolute atomic E-state index is 13.1. The molecule has 0 N–H and O–H groups in total. The first kappa shape index (κ1) is 12.2. The van der Waals surface area contributed by atoms with Crippen molar-refractivity contribution in [3.8, 4) is 0 Å². The molecule has 0 atom stereocenters. The predicted octanol–water partition coefficient (Wildman–Crippen LogP) is 2.94. The molecule has 0 spiro atoms. The zero-order valence-electron chi connectivity index (χ0n) is 10.1. The van der Waals surface area contributed by atoms with Crippen LogP contribution in [-0.4, -0.2) is 25.5 Å². The average molecular weight is 209 g/mol. The molecule has 84 valence electrons. The van der Waals surface area contributed by atoms with Crippen molar-refractivity contribution in [3.63, 3.8) is 0 Å². The molecule has 0 bridgehead atoms. The summed E-state index contributed by atoms with van der Waals surface area (Å²) in [7, 11) is 4.15. The molecule has 0 aromatic heterocycles. The number of hydrogen-bond acceptors (Lipinski definition) is 1. The number of benzene rings is 1. The Balaban J connectivity index is 2.68. The summed E-state index contributed by atoms with van der Waals surface area (Å²) in [6, 6.07) is 3.25. The first-order valence-corrected chi connectivity index (χ1v) is 5.41. The highest BCUT2D eigenvalue weighted by Crippen LogP contribution is 2.17. The maximum Gasteiger partial charge on any atom is 0.123 e. The second kappa shape index (κ2) is 5.26. The van der Waals surface area contributed by atoms with Crippen LogP contribution in [0.15, 0.2) is 12.1 Å². The molecule has 0 aliphatic carbocycles. The number of nitrogens with zero attached hydrogens (tertiary/aromatic N) is 1. The molecule has 0 aliphatic rings. The third kappa shape index (κ3) is 3.63.